The molecule has 0 spiro atoms. The molecule has 2 aromatic rings. The smallest absolute Gasteiger partial charge is 0.163 e. The number of thioether (sulfide) groups is 1. The maximum absolute atomic E-state index is 11.5. The summed E-state index contributed by atoms with van der Waals surface area (Å²) in [4.78, 5) is 12.5. The number of ketones is 1. The second-order valence-electron chi connectivity index (χ2n) is 4.43. The molecule has 0 saturated carbocycles. The van der Waals surface area contributed by atoms with Gasteiger partial charge < -0.3 is 10.5 Å². The molecule has 0 aliphatic rings. The second kappa shape index (κ2) is 7.52. The Morgan fingerprint density at radius 2 is 2.05 bits per heavy atom. The molecule has 0 atom stereocenters. The first-order valence-corrected chi connectivity index (χ1v) is 8.26. The summed E-state index contributed by atoms with van der Waals surface area (Å²) >= 11 is 5.06. The molecule has 0 amide bonds. The molecule has 0 saturated heterocycles. The van der Waals surface area contributed by atoms with Crippen molar-refractivity contribution in [3.05, 3.63) is 52.5 Å². The molecule has 110 valence electrons. The highest BCUT2D eigenvalue weighted by Crippen LogP contribution is 2.28. The first-order chi connectivity index (χ1) is 10.1. The molecule has 2 N–H and O–H groups in total. The molecule has 21 heavy (non-hydrogen) atoms. The van der Waals surface area contributed by atoms with E-state index in [1.165, 1.54) is 0 Å². The number of nitrogen functional groups attached to an aromatic ring is 1. The largest absolute Gasteiger partial charge is 0.492 e. The number of carbonyl (C=O) groups is 1. The van der Waals surface area contributed by atoms with Crippen LogP contribution in [0.4, 0.5) is 5.69 Å². The molecule has 2 aromatic carbocycles. The predicted molar refractivity (Wildman–Crippen MR) is 91.2 cm³/mol. The summed E-state index contributed by atoms with van der Waals surface area (Å²) in [5.74, 6) is 1.40. The Labute approximate surface area is 137 Å². The number of para-hydroxylation sites is 1. The number of hydrogen-bond donors (Lipinski definition) is 1. The maximum atomic E-state index is 11.5. The van der Waals surface area contributed by atoms with Crippen molar-refractivity contribution in [1.82, 2.24) is 0 Å². The lowest BCUT2D eigenvalue weighted by Crippen LogP contribution is -2.04. The van der Waals surface area contributed by atoms with Gasteiger partial charge in [0.25, 0.3) is 0 Å². The molecule has 0 heterocycles. The Morgan fingerprint density at radius 3 is 2.81 bits per heavy atom. The molecule has 0 aliphatic heterocycles. The van der Waals surface area contributed by atoms with E-state index >= 15 is 0 Å². The molecule has 2 rings (SSSR count). The zero-order valence-corrected chi connectivity index (χ0v) is 14.0. The summed E-state index contributed by atoms with van der Waals surface area (Å²) in [5, 5.41) is 0. The van der Waals surface area contributed by atoms with E-state index in [4.69, 9.17) is 10.5 Å². The average molecular weight is 366 g/mol. The SMILES string of the molecule is CC(=O)c1ccccc1OCCSc1cc(Br)ccc1N. The van der Waals surface area contributed by atoms with Crippen molar-refractivity contribution < 1.29 is 9.53 Å². The molecular weight excluding hydrogens is 350 g/mol. The van der Waals surface area contributed by atoms with Crippen LogP contribution in [0.1, 0.15) is 17.3 Å². The lowest BCUT2D eigenvalue weighted by Gasteiger charge is -2.10. The minimum atomic E-state index is 0.00878. The number of Topliss-reactive ketones (excluding diaryl/α,β-unsaturated/α-hetero) is 1. The zero-order valence-electron chi connectivity index (χ0n) is 11.6. The lowest BCUT2D eigenvalue weighted by molar-refractivity contribution is 0.101. The van der Waals surface area contributed by atoms with Crippen LogP contribution in [0.3, 0.4) is 0 Å². The molecule has 3 nitrogen and oxygen atoms in total. The summed E-state index contributed by atoms with van der Waals surface area (Å²) in [5.41, 5.74) is 7.29. The Morgan fingerprint density at radius 1 is 1.29 bits per heavy atom. The molecule has 0 fully saturated rings. The van der Waals surface area contributed by atoms with Gasteiger partial charge in [0.2, 0.25) is 0 Å². The van der Waals surface area contributed by atoms with Gasteiger partial charge in [-0.2, -0.15) is 0 Å². The zero-order chi connectivity index (χ0) is 15.2. The lowest BCUT2D eigenvalue weighted by atomic mass is 10.1. The average Bonchev–Trinajstić information content (AvgIpc) is 2.47. The van der Waals surface area contributed by atoms with Crippen molar-refractivity contribution >= 4 is 39.2 Å². The highest BCUT2D eigenvalue weighted by atomic mass is 79.9. The molecule has 5 heteroatoms. The summed E-state index contributed by atoms with van der Waals surface area (Å²) in [6.07, 6.45) is 0. The van der Waals surface area contributed by atoms with E-state index < -0.39 is 0 Å². The minimum absolute atomic E-state index is 0.00878. The van der Waals surface area contributed by atoms with E-state index in [0.717, 1.165) is 20.8 Å². The highest BCUT2D eigenvalue weighted by Gasteiger charge is 2.07. The standard InChI is InChI=1S/C16H16BrNO2S/c1-11(19)13-4-2-3-5-15(13)20-8-9-21-16-10-12(17)6-7-14(16)18/h2-7,10H,8-9,18H2,1H3. The fourth-order valence-corrected chi connectivity index (χ4v) is 3.16. The van der Waals surface area contributed by atoms with Gasteiger partial charge in [0.15, 0.2) is 5.78 Å². The number of carbonyl (C=O) groups excluding carboxylic acids is 1. The van der Waals surface area contributed by atoms with E-state index in [0.29, 0.717) is 17.9 Å². The summed E-state index contributed by atoms with van der Waals surface area (Å²) in [6, 6.07) is 13.1. The molecule has 0 unspecified atom stereocenters. The Hall–Kier alpha value is -1.46. The minimum Gasteiger partial charge on any atom is -0.492 e. The monoisotopic (exact) mass is 365 g/mol. The van der Waals surface area contributed by atoms with Gasteiger partial charge in [0.1, 0.15) is 5.75 Å². The van der Waals surface area contributed by atoms with Gasteiger partial charge in [-0.25, -0.2) is 0 Å². The fourth-order valence-electron chi connectivity index (χ4n) is 1.82. The van der Waals surface area contributed by atoms with E-state index in [9.17, 15) is 4.79 Å². The van der Waals surface area contributed by atoms with Crippen molar-refractivity contribution in [3.8, 4) is 5.75 Å². The number of halogens is 1. The van der Waals surface area contributed by atoms with Crippen LogP contribution in [0.5, 0.6) is 5.75 Å². The van der Waals surface area contributed by atoms with Crippen LogP contribution in [-0.4, -0.2) is 18.1 Å². The van der Waals surface area contributed by atoms with E-state index in [1.54, 1.807) is 24.8 Å². The van der Waals surface area contributed by atoms with Gasteiger partial charge in [-0.3, -0.25) is 4.79 Å². The van der Waals surface area contributed by atoms with Crippen LogP contribution in [-0.2, 0) is 0 Å². The first kappa shape index (κ1) is 15.9. The number of ether oxygens (including phenoxy) is 1. The van der Waals surface area contributed by atoms with Crippen molar-refractivity contribution in [2.24, 2.45) is 0 Å². The Bertz CT molecular complexity index is 646. The van der Waals surface area contributed by atoms with Crippen LogP contribution < -0.4 is 10.5 Å². The van der Waals surface area contributed by atoms with Gasteiger partial charge in [0.05, 0.1) is 12.2 Å². The van der Waals surface area contributed by atoms with Crippen molar-refractivity contribution in [2.75, 3.05) is 18.1 Å². The van der Waals surface area contributed by atoms with Gasteiger partial charge in [-0.15, -0.1) is 11.8 Å². The van der Waals surface area contributed by atoms with Crippen molar-refractivity contribution in [2.45, 2.75) is 11.8 Å². The summed E-state index contributed by atoms with van der Waals surface area (Å²) < 4.78 is 6.70. The molecule has 0 bridgehead atoms. The van der Waals surface area contributed by atoms with Gasteiger partial charge in [-0.05, 0) is 37.3 Å². The first-order valence-electron chi connectivity index (χ1n) is 6.48. The van der Waals surface area contributed by atoms with Crippen LogP contribution in [0.15, 0.2) is 51.8 Å². The summed E-state index contributed by atoms with van der Waals surface area (Å²) in [7, 11) is 0. The number of nitrogens with two attached hydrogens (primary N) is 1. The Kier molecular flexibility index (Phi) is 5.70. The molecule has 0 aromatic heterocycles. The fraction of sp³-hybridized carbons (Fsp3) is 0.188. The maximum Gasteiger partial charge on any atom is 0.163 e. The summed E-state index contributed by atoms with van der Waals surface area (Å²) in [6.45, 7) is 2.06. The van der Waals surface area contributed by atoms with Crippen LogP contribution in [0, 0.1) is 0 Å². The van der Waals surface area contributed by atoms with Crippen molar-refractivity contribution in [3.63, 3.8) is 0 Å². The Balaban J connectivity index is 1.91. The molecule has 0 radical (unpaired) electrons. The predicted octanol–water partition coefficient (Wildman–Crippen LogP) is 4.41. The van der Waals surface area contributed by atoms with E-state index in [-0.39, 0.29) is 5.78 Å². The topological polar surface area (TPSA) is 52.3 Å². The van der Waals surface area contributed by atoms with Gasteiger partial charge >= 0.3 is 0 Å². The quantitative estimate of drug-likeness (QED) is 0.356. The van der Waals surface area contributed by atoms with Crippen LogP contribution in [0.25, 0.3) is 0 Å². The third-order valence-electron chi connectivity index (χ3n) is 2.84. The second-order valence-corrected chi connectivity index (χ2v) is 6.48. The van der Waals surface area contributed by atoms with Crippen LogP contribution in [0.2, 0.25) is 0 Å². The molecule has 0 aliphatic carbocycles. The normalized spacial score (nSPS) is 10.4. The van der Waals surface area contributed by atoms with Gasteiger partial charge in [0, 0.05) is 20.8 Å². The number of benzene rings is 2. The third-order valence-corrected chi connectivity index (χ3v) is 4.37. The number of rotatable bonds is 6. The van der Waals surface area contributed by atoms with Crippen LogP contribution >= 0.6 is 27.7 Å². The number of anilines is 1. The highest BCUT2D eigenvalue weighted by molar-refractivity contribution is 9.10. The molecular formula is C16H16BrNO2S. The van der Waals surface area contributed by atoms with E-state index in [1.807, 2.05) is 36.4 Å². The van der Waals surface area contributed by atoms with Gasteiger partial charge in [-0.1, -0.05) is 28.1 Å². The van der Waals surface area contributed by atoms with E-state index in [2.05, 4.69) is 15.9 Å². The van der Waals surface area contributed by atoms with Crippen molar-refractivity contribution in [1.29, 1.82) is 0 Å². The third kappa shape index (κ3) is 4.51. The number of hydrogen-bond acceptors (Lipinski definition) is 4.